The van der Waals surface area contributed by atoms with E-state index < -0.39 is 0 Å². The van der Waals surface area contributed by atoms with Crippen LogP contribution in [0.3, 0.4) is 0 Å². The molecule has 0 fully saturated rings. The molecule has 0 atom stereocenters. The van der Waals surface area contributed by atoms with Gasteiger partial charge in [0.1, 0.15) is 11.5 Å². The fourth-order valence-electron chi connectivity index (χ4n) is 3.41. The molecule has 0 bridgehead atoms. The van der Waals surface area contributed by atoms with Gasteiger partial charge < -0.3 is 10.2 Å². The Balaban J connectivity index is 2.50. The van der Waals surface area contributed by atoms with Crippen LogP contribution in [-0.4, -0.2) is 10.2 Å². The lowest BCUT2D eigenvalue weighted by Crippen LogP contribution is -2.17. The van der Waals surface area contributed by atoms with Gasteiger partial charge in [-0.2, -0.15) is 0 Å². The highest BCUT2D eigenvalue weighted by Crippen LogP contribution is 2.44. The van der Waals surface area contributed by atoms with Gasteiger partial charge in [0.25, 0.3) is 0 Å². The molecule has 2 rings (SSSR count). The highest BCUT2D eigenvalue weighted by molar-refractivity contribution is 7.98. The third-order valence-corrected chi connectivity index (χ3v) is 6.35. The standard InChI is InChI=1S/C26H38O2S/c1-16-11-17(22(27)19(12-16)25(5,6)7)15-29-21-14-18(24(2,3)4)13-20(23(21)28)26(8,9)10/h11-14,27-28H,15H2,1-10H3. The molecule has 29 heavy (non-hydrogen) atoms. The van der Waals surface area contributed by atoms with Crippen molar-refractivity contribution in [3.63, 3.8) is 0 Å². The Labute approximate surface area is 181 Å². The minimum atomic E-state index is -0.147. The second-order valence-corrected chi connectivity index (χ2v) is 12.2. The molecule has 0 saturated heterocycles. The van der Waals surface area contributed by atoms with Crippen molar-refractivity contribution in [1.29, 1.82) is 0 Å². The number of rotatable bonds is 3. The Bertz CT molecular complexity index is 891. The molecule has 2 N–H and O–H groups in total. The van der Waals surface area contributed by atoms with Crippen LogP contribution in [0.4, 0.5) is 0 Å². The zero-order chi connectivity index (χ0) is 22.4. The van der Waals surface area contributed by atoms with E-state index in [-0.39, 0.29) is 16.2 Å². The molecular weight excluding hydrogens is 376 g/mol. The highest BCUT2D eigenvalue weighted by atomic mass is 32.2. The predicted octanol–water partition coefficient (Wildman–Crippen LogP) is 7.59. The van der Waals surface area contributed by atoms with Crippen LogP contribution < -0.4 is 0 Å². The Hall–Kier alpha value is -1.61. The Morgan fingerprint density at radius 3 is 1.69 bits per heavy atom. The SMILES string of the molecule is Cc1cc(CSc2cc(C(C)(C)C)cc(C(C)(C)C)c2O)c(O)c(C(C)(C)C)c1. The van der Waals surface area contributed by atoms with Gasteiger partial charge in [-0.05, 0) is 40.4 Å². The number of hydrogen-bond acceptors (Lipinski definition) is 3. The monoisotopic (exact) mass is 414 g/mol. The van der Waals surface area contributed by atoms with Crippen molar-refractivity contribution in [3.05, 3.63) is 52.1 Å². The summed E-state index contributed by atoms with van der Waals surface area (Å²) in [7, 11) is 0. The van der Waals surface area contributed by atoms with Gasteiger partial charge in [0.15, 0.2) is 0 Å². The van der Waals surface area contributed by atoms with E-state index in [0.29, 0.717) is 17.3 Å². The van der Waals surface area contributed by atoms with Crippen LogP contribution >= 0.6 is 11.8 Å². The molecule has 2 aromatic rings. The first kappa shape index (κ1) is 23.7. The van der Waals surface area contributed by atoms with Gasteiger partial charge in [-0.25, -0.2) is 0 Å². The van der Waals surface area contributed by atoms with Crippen molar-refractivity contribution in [2.75, 3.05) is 0 Å². The van der Waals surface area contributed by atoms with Gasteiger partial charge in [-0.15, -0.1) is 11.8 Å². The lowest BCUT2D eigenvalue weighted by atomic mass is 9.80. The third kappa shape index (κ3) is 5.51. The van der Waals surface area contributed by atoms with E-state index in [2.05, 4.69) is 87.4 Å². The molecule has 160 valence electrons. The first-order valence-electron chi connectivity index (χ1n) is 10.4. The van der Waals surface area contributed by atoms with Gasteiger partial charge >= 0.3 is 0 Å². The van der Waals surface area contributed by atoms with Crippen LogP contribution in [0.5, 0.6) is 11.5 Å². The molecule has 0 saturated carbocycles. The van der Waals surface area contributed by atoms with Crippen LogP contribution in [0, 0.1) is 6.92 Å². The summed E-state index contributed by atoms with van der Waals surface area (Å²) in [5.74, 6) is 1.35. The van der Waals surface area contributed by atoms with E-state index in [1.807, 2.05) is 6.07 Å². The number of thioether (sulfide) groups is 1. The molecule has 0 radical (unpaired) electrons. The zero-order valence-corrected chi connectivity index (χ0v) is 20.6. The second kappa shape index (κ2) is 7.91. The Morgan fingerprint density at radius 1 is 0.690 bits per heavy atom. The molecule has 2 aromatic carbocycles. The Morgan fingerprint density at radius 2 is 1.21 bits per heavy atom. The van der Waals surface area contributed by atoms with Gasteiger partial charge in [0.2, 0.25) is 0 Å². The summed E-state index contributed by atoms with van der Waals surface area (Å²) in [6, 6.07) is 8.36. The van der Waals surface area contributed by atoms with Gasteiger partial charge in [-0.3, -0.25) is 0 Å². The maximum Gasteiger partial charge on any atom is 0.132 e. The summed E-state index contributed by atoms with van der Waals surface area (Å²) in [6.07, 6.45) is 0. The van der Waals surface area contributed by atoms with E-state index in [1.165, 1.54) is 5.56 Å². The average Bonchev–Trinajstić information content (AvgIpc) is 2.53. The van der Waals surface area contributed by atoms with E-state index >= 15 is 0 Å². The predicted molar refractivity (Wildman–Crippen MR) is 127 cm³/mol. The lowest BCUT2D eigenvalue weighted by Gasteiger charge is -2.27. The van der Waals surface area contributed by atoms with Crippen molar-refractivity contribution in [3.8, 4) is 11.5 Å². The largest absolute Gasteiger partial charge is 0.507 e. The summed E-state index contributed by atoms with van der Waals surface area (Å²) in [5.41, 5.74) is 4.94. The average molecular weight is 415 g/mol. The van der Waals surface area contributed by atoms with Crippen molar-refractivity contribution in [2.24, 2.45) is 0 Å². The minimum absolute atomic E-state index is 0.00606. The van der Waals surface area contributed by atoms with Gasteiger partial charge in [0, 0.05) is 16.9 Å². The molecule has 0 aliphatic carbocycles. The number of aryl methyl sites for hydroxylation is 1. The molecule has 0 aliphatic heterocycles. The van der Waals surface area contributed by atoms with E-state index in [9.17, 15) is 10.2 Å². The number of benzene rings is 2. The number of hydrogen-bond donors (Lipinski definition) is 2. The van der Waals surface area contributed by atoms with Crippen molar-refractivity contribution in [1.82, 2.24) is 0 Å². The fraction of sp³-hybridized carbons (Fsp3) is 0.538. The van der Waals surface area contributed by atoms with Crippen molar-refractivity contribution >= 4 is 11.8 Å². The maximum atomic E-state index is 11.0. The summed E-state index contributed by atoms with van der Waals surface area (Å²) in [6.45, 7) is 21.4. The second-order valence-electron chi connectivity index (χ2n) is 11.2. The van der Waals surface area contributed by atoms with Gasteiger partial charge in [-0.1, -0.05) is 86.1 Å². The molecule has 0 heterocycles. The Kier molecular flexibility index (Phi) is 6.45. The molecule has 0 unspecified atom stereocenters. The summed E-state index contributed by atoms with van der Waals surface area (Å²) in [5, 5.41) is 21.9. The molecular formula is C26H38O2S. The molecule has 0 aliphatic rings. The van der Waals surface area contributed by atoms with E-state index in [4.69, 9.17) is 0 Å². The van der Waals surface area contributed by atoms with E-state index in [0.717, 1.165) is 27.1 Å². The number of phenolic OH excluding ortho intramolecular Hbond substituents is 2. The summed E-state index contributed by atoms with van der Waals surface area (Å²) >= 11 is 1.59. The number of aromatic hydroxyl groups is 2. The highest BCUT2D eigenvalue weighted by Gasteiger charge is 2.26. The molecule has 0 amide bonds. The minimum Gasteiger partial charge on any atom is -0.507 e. The van der Waals surface area contributed by atoms with Crippen LogP contribution in [-0.2, 0) is 22.0 Å². The summed E-state index contributed by atoms with van der Waals surface area (Å²) in [4.78, 5) is 0.876. The van der Waals surface area contributed by atoms with Gasteiger partial charge in [0.05, 0.1) is 4.90 Å². The van der Waals surface area contributed by atoms with E-state index in [1.54, 1.807) is 11.8 Å². The first-order chi connectivity index (χ1) is 13.0. The van der Waals surface area contributed by atoms with Crippen molar-refractivity contribution in [2.45, 2.75) is 96.1 Å². The molecule has 0 aromatic heterocycles. The van der Waals surface area contributed by atoms with Crippen LogP contribution in [0.2, 0.25) is 0 Å². The van der Waals surface area contributed by atoms with Crippen LogP contribution in [0.1, 0.15) is 90.1 Å². The molecule has 2 nitrogen and oxygen atoms in total. The van der Waals surface area contributed by atoms with Crippen LogP contribution in [0.15, 0.2) is 29.2 Å². The topological polar surface area (TPSA) is 40.5 Å². The first-order valence-corrected chi connectivity index (χ1v) is 11.3. The quantitative estimate of drug-likeness (QED) is 0.508. The van der Waals surface area contributed by atoms with Crippen LogP contribution in [0.25, 0.3) is 0 Å². The number of phenols is 2. The third-order valence-electron chi connectivity index (χ3n) is 5.27. The smallest absolute Gasteiger partial charge is 0.132 e. The summed E-state index contributed by atoms with van der Waals surface area (Å²) < 4.78 is 0. The fourth-order valence-corrected chi connectivity index (χ4v) is 4.40. The zero-order valence-electron chi connectivity index (χ0n) is 19.8. The molecule has 0 spiro atoms. The molecule has 3 heteroatoms. The van der Waals surface area contributed by atoms with Crippen molar-refractivity contribution < 1.29 is 10.2 Å². The maximum absolute atomic E-state index is 11.0. The normalized spacial score (nSPS) is 13.0. The lowest BCUT2D eigenvalue weighted by molar-refractivity contribution is 0.432.